The first-order chi connectivity index (χ1) is 8.27. The average molecular weight is 235 g/mol. The topological polar surface area (TPSA) is 41.8 Å². The summed E-state index contributed by atoms with van der Waals surface area (Å²) in [5.41, 5.74) is 1.52. The van der Waals surface area contributed by atoms with Gasteiger partial charge in [0.1, 0.15) is 5.75 Å². The highest BCUT2D eigenvalue weighted by molar-refractivity contribution is 5.98. The highest BCUT2D eigenvalue weighted by Gasteiger charge is 1.98. The quantitative estimate of drug-likeness (QED) is 0.337. The third-order valence-corrected chi connectivity index (χ3v) is 2.69. The summed E-state index contributed by atoms with van der Waals surface area (Å²) in [6, 6.07) is 7.61. The van der Waals surface area contributed by atoms with E-state index in [2.05, 4.69) is 12.1 Å². The minimum atomic E-state index is 0.611. The van der Waals surface area contributed by atoms with E-state index >= 15 is 0 Å². The number of benzene rings is 1. The molecular weight excluding hydrogens is 214 g/mol. The average Bonchev–Trinajstić information content (AvgIpc) is 2.38. The van der Waals surface area contributed by atoms with Gasteiger partial charge in [-0.1, -0.05) is 31.3 Å². The number of hydrogen-bond acceptors (Lipinski definition) is 3. The highest BCUT2D eigenvalue weighted by atomic mass is 16.5. The van der Waals surface area contributed by atoms with E-state index in [4.69, 9.17) is 9.94 Å². The van der Waals surface area contributed by atoms with Gasteiger partial charge in [-0.15, -0.1) is 0 Å². The SMILES string of the molecule is CCCCCCOc1ccc(/C(C)=N/O)cc1. The molecule has 0 heterocycles. The molecule has 0 atom stereocenters. The summed E-state index contributed by atoms with van der Waals surface area (Å²) < 4.78 is 5.62. The fraction of sp³-hybridized carbons (Fsp3) is 0.500. The zero-order valence-corrected chi connectivity index (χ0v) is 10.6. The molecular formula is C14H21NO2. The normalized spacial score (nSPS) is 11.5. The number of ether oxygens (including phenoxy) is 1. The summed E-state index contributed by atoms with van der Waals surface area (Å²) >= 11 is 0. The highest BCUT2D eigenvalue weighted by Crippen LogP contribution is 2.13. The van der Waals surface area contributed by atoms with Crippen LogP contribution in [-0.4, -0.2) is 17.5 Å². The van der Waals surface area contributed by atoms with Gasteiger partial charge in [-0.25, -0.2) is 0 Å². The number of oxime groups is 1. The van der Waals surface area contributed by atoms with Gasteiger partial charge in [0.2, 0.25) is 0 Å². The number of rotatable bonds is 7. The van der Waals surface area contributed by atoms with E-state index in [1.807, 2.05) is 24.3 Å². The van der Waals surface area contributed by atoms with E-state index in [0.29, 0.717) is 5.71 Å². The summed E-state index contributed by atoms with van der Waals surface area (Å²) in [6.07, 6.45) is 4.85. The van der Waals surface area contributed by atoms with Crippen molar-refractivity contribution in [2.24, 2.45) is 5.16 Å². The van der Waals surface area contributed by atoms with Crippen molar-refractivity contribution in [1.82, 2.24) is 0 Å². The van der Waals surface area contributed by atoms with Gasteiger partial charge in [-0.3, -0.25) is 0 Å². The second-order valence-electron chi connectivity index (χ2n) is 4.12. The zero-order valence-electron chi connectivity index (χ0n) is 10.6. The van der Waals surface area contributed by atoms with Crippen LogP contribution in [0, 0.1) is 0 Å². The molecule has 17 heavy (non-hydrogen) atoms. The lowest BCUT2D eigenvalue weighted by Crippen LogP contribution is -1.98. The van der Waals surface area contributed by atoms with Gasteiger partial charge in [0.25, 0.3) is 0 Å². The van der Waals surface area contributed by atoms with Gasteiger partial charge in [0.15, 0.2) is 0 Å². The second kappa shape index (κ2) is 7.71. The molecule has 0 bridgehead atoms. The Labute approximate surface area is 103 Å². The molecule has 1 aromatic rings. The van der Waals surface area contributed by atoms with Crippen LogP contribution in [-0.2, 0) is 0 Å². The molecule has 0 spiro atoms. The van der Waals surface area contributed by atoms with E-state index in [1.54, 1.807) is 6.92 Å². The maximum atomic E-state index is 8.64. The summed E-state index contributed by atoms with van der Waals surface area (Å²) in [5.74, 6) is 0.871. The van der Waals surface area contributed by atoms with Crippen molar-refractivity contribution in [2.75, 3.05) is 6.61 Å². The maximum absolute atomic E-state index is 8.64. The third-order valence-electron chi connectivity index (χ3n) is 2.69. The van der Waals surface area contributed by atoms with Crippen molar-refractivity contribution in [1.29, 1.82) is 0 Å². The van der Waals surface area contributed by atoms with Gasteiger partial charge < -0.3 is 9.94 Å². The molecule has 0 radical (unpaired) electrons. The predicted octanol–water partition coefficient (Wildman–Crippen LogP) is 3.84. The van der Waals surface area contributed by atoms with Crippen LogP contribution >= 0.6 is 0 Å². The van der Waals surface area contributed by atoms with Crippen LogP contribution in [0.25, 0.3) is 0 Å². The first-order valence-corrected chi connectivity index (χ1v) is 6.19. The van der Waals surface area contributed by atoms with Crippen LogP contribution in [0.4, 0.5) is 0 Å². The van der Waals surface area contributed by atoms with Crippen molar-refractivity contribution in [3.8, 4) is 5.75 Å². The van der Waals surface area contributed by atoms with Crippen molar-refractivity contribution in [3.05, 3.63) is 29.8 Å². The lowest BCUT2D eigenvalue weighted by Gasteiger charge is -2.06. The Morgan fingerprint density at radius 2 is 1.88 bits per heavy atom. The lowest BCUT2D eigenvalue weighted by molar-refractivity contribution is 0.305. The molecule has 0 fully saturated rings. The summed E-state index contributed by atoms with van der Waals surface area (Å²) in [5, 5.41) is 11.8. The van der Waals surface area contributed by atoms with Crippen molar-refractivity contribution >= 4 is 5.71 Å². The Bertz CT molecular complexity index is 344. The van der Waals surface area contributed by atoms with Crippen LogP contribution in [0.2, 0.25) is 0 Å². The first-order valence-electron chi connectivity index (χ1n) is 6.19. The van der Waals surface area contributed by atoms with Crippen molar-refractivity contribution in [3.63, 3.8) is 0 Å². The third kappa shape index (κ3) is 4.89. The van der Waals surface area contributed by atoms with Gasteiger partial charge in [0, 0.05) is 0 Å². The number of nitrogens with zero attached hydrogens (tertiary/aromatic N) is 1. The zero-order chi connectivity index (χ0) is 12.5. The van der Waals surface area contributed by atoms with Crippen LogP contribution in [0.15, 0.2) is 29.4 Å². The Hall–Kier alpha value is -1.51. The summed E-state index contributed by atoms with van der Waals surface area (Å²) in [4.78, 5) is 0. The molecule has 3 nitrogen and oxygen atoms in total. The largest absolute Gasteiger partial charge is 0.494 e. The molecule has 94 valence electrons. The van der Waals surface area contributed by atoms with Crippen molar-refractivity contribution < 1.29 is 9.94 Å². The van der Waals surface area contributed by atoms with E-state index in [1.165, 1.54) is 19.3 Å². The molecule has 0 aromatic heterocycles. The predicted molar refractivity (Wildman–Crippen MR) is 70.1 cm³/mol. The molecule has 1 N–H and O–H groups in total. The molecule has 0 unspecified atom stereocenters. The van der Waals surface area contributed by atoms with Crippen molar-refractivity contribution in [2.45, 2.75) is 39.5 Å². The lowest BCUT2D eigenvalue weighted by atomic mass is 10.1. The molecule has 0 amide bonds. The molecule has 1 aromatic carbocycles. The fourth-order valence-corrected chi connectivity index (χ4v) is 1.57. The second-order valence-corrected chi connectivity index (χ2v) is 4.12. The van der Waals surface area contributed by atoms with E-state index in [0.717, 1.165) is 24.3 Å². The van der Waals surface area contributed by atoms with Gasteiger partial charge in [-0.05, 0) is 43.2 Å². The van der Waals surface area contributed by atoms with E-state index < -0.39 is 0 Å². The Morgan fingerprint density at radius 1 is 1.18 bits per heavy atom. The molecule has 3 heteroatoms. The minimum Gasteiger partial charge on any atom is -0.494 e. The van der Waals surface area contributed by atoms with Crippen LogP contribution in [0.5, 0.6) is 5.75 Å². The van der Waals surface area contributed by atoms with Gasteiger partial charge in [0.05, 0.1) is 12.3 Å². The van der Waals surface area contributed by atoms with E-state index in [9.17, 15) is 0 Å². The summed E-state index contributed by atoms with van der Waals surface area (Å²) in [7, 11) is 0. The molecule has 0 aliphatic rings. The van der Waals surface area contributed by atoms with E-state index in [-0.39, 0.29) is 0 Å². The molecule has 0 saturated heterocycles. The number of hydrogen-bond donors (Lipinski definition) is 1. The smallest absolute Gasteiger partial charge is 0.119 e. The van der Waals surface area contributed by atoms with Crippen LogP contribution in [0.1, 0.15) is 45.1 Å². The fourth-order valence-electron chi connectivity index (χ4n) is 1.57. The Kier molecular flexibility index (Phi) is 6.15. The Morgan fingerprint density at radius 3 is 2.47 bits per heavy atom. The number of unbranched alkanes of at least 4 members (excludes halogenated alkanes) is 3. The van der Waals surface area contributed by atoms with Crippen LogP contribution in [0.3, 0.4) is 0 Å². The van der Waals surface area contributed by atoms with Gasteiger partial charge >= 0.3 is 0 Å². The molecule has 0 aliphatic heterocycles. The Balaban J connectivity index is 2.35. The standard InChI is InChI=1S/C14H21NO2/c1-3-4-5-6-11-17-14-9-7-13(8-10-14)12(2)15-16/h7-10,16H,3-6,11H2,1-2H3/b15-12+. The molecule has 1 rings (SSSR count). The monoisotopic (exact) mass is 235 g/mol. The first kappa shape index (κ1) is 13.6. The molecule has 0 saturated carbocycles. The molecule has 0 aliphatic carbocycles. The maximum Gasteiger partial charge on any atom is 0.119 e. The van der Waals surface area contributed by atoms with Crippen LogP contribution < -0.4 is 4.74 Å². The summed E-state index contributed by atoms with van der Waals surface area (Å²) in [6.45, 7) is 4.73. The van der Waals surface area contributed by atoms with Gasteiger partial charge in [-0.2, -0.15) is 0 Å². The minimum absolute atomic E-state index is 0.611.